The number of halogens is 2. The van der Waals surface area contributed by atoms with Crippen LogP contribution in [0.2, 0.25) is 10.0 Å². The number of anilines is 1. The SMILES string of the molecule is CC(=O)N[C@@H](CSc1c(N([O-])O)ccc(Cl)c1Cl)C(=O)O. The fraction of sp³-hybridized carbons (Fsp3) is 0.273. The quantitative estimate of drug-likeness (QED) is 0.531. The third-order valence-electron chi connectivity index (χ3n) is 2.31. The van der Waals surface area contributed by atoms with Crippen molar-refractivity contribution in [3.05, 3.63) is 27.4 Å². The lowest BCUT2D eigenvalue weighted by atomic mass is 10.3. The van der Waals surface area contributed by atoms with Crippen LogP contribution < -0.4 is 10.5 Å². The van der Waals surface area contributed by atoms with Crippen LogP contribution in [0.15, 0.2) is 17.0 Å². The molecule has 0 aromatic heterocycles. The summed E-state index contributed by atoms with van der Waals surface area (Å²) in [5.41, 5.74) is -0.165. The molecule has 3 N–H and O–H groups in total. The molecular formula is C11H11Cl2N2O5S-. The summed E-state index contributed by atoms with van der Waals surface area (Å²) in [4.78, 5) is 22.1. The number of thioether (sulfide) groups is 1. The first-order chi connectivity index (χ1) is 9.73. The van der Waals surface area contributed by atoms with E-state index in [9.17, 15) is 14.8 Å². The Bertz CT molecular complexity index is 556. The Balaban J connectivity index is 2.98. The minimum Gasteiger partial charge on any atom is -0.733 e. The summed E-state index contributed by atoms with van der Waals surface area (Å²) in [6.45, 7) is 1.19. The maximum absolute atomic E-state index is 11.1. The first-order valence-corrected chi connectivity index (χ1v) is 7.25. The average Bonchev–Trinajstić information content (AvgIpc) is 2.37. The molecule has 1 amide bonds. The molecule has 1 atom stereocenters. The van der Waals surface area contributed by atoms with Crippen molar-refractivity contribution < 1.29 is 19.9 Å². The fourth-order valence-corrected chi connectivity index (χ4v) is 3.02. The molecule has 0 saturated carbocycles. The van der Waals surface area contributed by atoms with E-state index in [-0.39, 0.29) is 26.4 Å². The second-order valence-corrected chi connectivity index (χ2v) is 5.70. The number of rotatable bonds is 6. The van der Waals surface area contributed by atoms with Crippen LogP contribution in [0.1, 0.15) is 6.92 Å². The summed E-state index contributed by atoms with van der Waals surface area (Å²) in [6, 6.07) is 1.40. The van der Waals surface area contributed by atoms with Crippen molar-refractivity contribution in [1.82, 2.24) is 5.32 Å². The molecule has 0 aliphatic heterocycles. The van der Waals surface area contributed by atoms with Gasteiger partial charge in [-0.25, -0.2) is 4.79 Å². The van der Waals surface area contributed by atoms with Crippen molar-refractivity contribution in [2.45, 2.75) is 17.9 Å². The zero-order valence-corrected chi connectivity index (χ0v) is 13.0. The smallest absolute Gasteiger partial charge is 0.327 e. The zero-order valence-electron chi connectivity index (χ0n) is 10.7. The summed E-state index contributed by atoms with van der Waals surface area (Å²) in [5, 5.41) is 31.1. The second-order valence-electron chi connectivity index (χ2n) is 3.88. The molecule has 7 nitrogen and oxygen atoms in total. The minimum absolute atomic E-state index is 0.0148. The number of benzene rings is 1. The molecule has 0 aliphatic rings. The van der Waals surface area contributed by atoms with Crippen LogP contribution in [0.5, 0.6) is 0 Å². The van der Waals surface area contributed by atoms with Gasteiger partial charge in [0.1, 0.15) is 6.04 Å². The van der Waals surface area contributed by atoms with E-state index in [2.05, 4.69) is 5.32 Å². The monoisotopic (exact) mass is 353 g/mol. The number of nitrogens with one attached hydrogen (secondary N) is 1. The third-order valence-corrected chi connectivity index (χ3v) is 4.42. The van der Waals surface area contributed by atoms with Crippen LogP contribution in [0.4, 0.5) is 5.69 Å². The van der Waals surface area contributed by atoms with E-state index >= 15 is 0 Å². The summed E-state index contributed by atoms with van der Waals surface area (Å²) in [6.07, 6.45) is 0. The maximum Gasteiger partial charge on any atom is 0.327 e. The van der Waals surface area contributed by atoms with E-state index < -0.39 is 23.1 Å². The van der Waals surface area contributed by atoms with E-state index in [1.807, 2.05) is 0 Å². The lowest BCUT2D eigenvalue weighted by Crippen LogP contribution is -2.41. The Hall–Kier alpha value is -1.19. The van der Waals surface area contributed by atoms with Crippen molar-refractivity contribution in [2.75, 3.05) is 11.0 Å². The topological polar surface area (TPSA) is 113 Å². The molecule has 0 heterocycles. The van der Waals surface area contributed by atoms with Gasteiger partial charge in [0.15, 0.2) is 0 Å². The highest BCUT2D eigenvalue weighted by molar-refractivity contribution is 7.99. The molecule has 10 heteroatoms. The lowest BCUT2D eigenvalue weighted by molar-refractivity contribution is -0.140. The van der Waals surface area contributed by atoms with E-state index in [0.717, 1.165) is 11.8 Å². The van der Waals surface area contributed by atoms with Crippen molar-refractivity contribution in [2.24, 2.45) is 0 Å². The van der Waals surface area contributed by atoms with Gasteiger partial charge in [0.2, 0.25) is 5.91 Å². The molecular weight excluding hydrogens is 343 g/mol. The van der Waals surface area contributed by atoms with Gasteiger partial charge in [-0.2, -0.15) is 0 Å². The largest absolute Gasteiger partial charge is 0.733 e. The van der Waals surface area contributed by atoms with E-state index in [0.29, 0.717) is 0 Å². The van der Waals surface area contributed by atoms with Crippen molar-refractivity contribution in [3.63, 3.8) is 0 Å². The number of amides is 1. The van der Waals surface area contributed by atoms with Crippen molar-refractivity contribution in [1.29, 1.82) is 0 Å². The number of hydrogen-bond acceptors (Lipinski definition) is 6. The minimum atomic E-state index is -1.24. The van der Waals surface area contributed by atoms with Crippen LogP contribution in [0.3, 0.4) is 0 Å². The van der Waals surface area contributed by atoms with Crippen LogP contribution in [0, 0.1) is 5.21 Å². The Morgan fingerprint density at radius 2 is 2.10 bits per heavy atom. The Morgan fingerprint density at radius 1 is 1.48 bits per heavy atom. The summed E-state index contributed by atoms with van der Waals surface area (Å²) in [7, 11) is 0. The summed E-state index contributed by atoms with van der Waals surface area (Å²) >= 11 is 12.6. The highest BCUT2D eigenvalue weighted by Crippen LogP contribution is 2.40. The van der Waals surface area contributed by atoms with E-state index in [1.54, 1.807) is 0 Å². The van der Waals surface area contributed by atoms with Gasteiger partial charge in [0.05, 0.1) is 20.6 Å². The van der Waals surface area contributed by atoms with Crippen LogP contribution in [-0.2, 0) is 9.59 Å². The molecule has 0 unspecified atom stereocenters. The van der Waals surface area contributed by atoms with Crippen LogP contribution in [0.25, 0.3) is 0 Å². The maximum atomic E-state index is 11.1. The normalized spacial score (nSPS) is 11.9. The fourth-order valence-electron chi connectivity index (χ4n) is 1.40. The standard InChI is InChI=1S/C11H11Cl2N2O5S/c1-5(16)14-7(11(17)18)4-21-10-8(15(19)20)3-2-6(12)9(10)13/h2-3,7,19H,4H2,1H3,(H,14,16)(H,17,18)/q-1/t7-/m0/s1. The molecule has 0 radical (unpaired) electrons. The molecule has 0 spiro atoms. The molecule has 1 aromatic carbocycles. The molecule has 116 valence electrons. The van der Waals surface area contributed by atoms with Crippen LogP contribution in [-0.4, -0.2) is 34.0 Å². The highest BCUT2D eigenvalue weighted by atomic mass is 35.5. The van der Waals surface area contributed by atoms with Gasteiger partial charge in [-0.3, -0.25) is 10.0 Å². The Kier molecular flexibility index (Phi) is 6.56. The first kappa shape index (κ1) is 17.9. The van der Waals surface area contributed by atoms with E-state index in [4.69, 9.17) is 33.5 Å². The summed E-state index contributed by atoms with van der Waals surface area (Å²) in [5.74, 6) is -1.84. The number of nitrogens with zero attached hydrogens (tertiary/aromatic N) is 1. The molecule has 0 fully saturated rings. The van der Waals surface area contributed by atoms with Gasteiger partial charge >= 0.3 is 5.97 Å². The molecule has 0 saturated heterocycles. The lowest BCUT2D eigenvalue weighted by Gasteiger charge is -2.25. The predicted molar refractivity (Wildman–Crippen MR) is 80.1 cm³/mol. The van der Waals surface area contributed by atoms with Crippen molar-refractivity contribution in [3.8, 4) is 0 Å². The van der Waals surface area contributed by atoms with E-state index in [1.165, 1.54) is 19.1 Å². The molecule has 0 bridgehead atoms. The number of hydrogen-bond donors (Lipinski definition) is 3. The van der Waals surface area contributed by atoms with Gasteiger partial charge in [-0.05, 0) is 12.1 Å². The van der Waals surface area contributed by atoms with Crippen LogP contribution >= 0.6 is 35.0 Å². The molecule has 21 heavy (non-hydrogen) atoms. The average molecular weight is 354 g/mol. The molecule has 1 aromatic rings. The van der Waals surface area contributed by atoms with Gasteiger partial charge < -0.3 is 20.9 Å². The molecule has 0 aliphatic carbocycles. The van der Waals surface area contributed by atoms with Gasteiger partial charge in [0, 0.05) is 12.7 Å². The number of carbonyl (C=O) groups is 2. The number of carbonyl (C=O) groups excluding carboxylic acids is 1. The number of carboxylic acids is 1. The summed E-state index contributed by atoms with van der Waals surface area (Å²) < 4.78 is 0. The van der Waals surface area contributed by atoms with Gasteiger partial charge in [-0.15, -0.1) is 11.8 Å². The molecule has 1 rings (SSSR count). The Morgan fingerprint density at radius 3 is 2.57 bits per heavy atom. The van der Waals surface area contributed by atoms with Gasteiger partial charge in [-0.1, -0.05) is 23.2 Å². The zero-order chi connectivity index (χ0) is 16.2. The number of carboxylic acid groups (broad SMARTS) is 1. The third kappa shape index (κ3) is 4.94. The highest BCUT2D eigenvalue weighted by Gasteiger charge is 2.21. The van der Waals surface area contributed by atoms with Crippen molar-refractivity contribution >= 4 is 52.5 Å². The Labute approximate surface area is 134 Å². The second kappa shape index (κ2) is 7.71. The predicted octanol–water partition coefficient (Wildman–Crippen LogP) is 2.37. The first-order valence-electron chi connectivity index (χ1n) is 5.51. The number of aliphatic carboxylic acids is 1. The van der Waals surface area contributed by atoms with Gasteiger partial charge in [0.25, 0.3) is 0 Å².